The third kappa shape index (κ3) is 4.18. The SMILES string of the molecule is Cc1nc2cc(NC(=S)NCCCN(C)C)ccc2o1. The van der Waals surface area contributed by atoms with Crippen LogP contribution in [0.3, 0.4) is 0 Å². The molecule has 0 atom stereocenters. The monoisotopic (exact) mass is 292 g/mol. The smallest absolute Gasteiger partial charge is 0.192 e. The first-order valence-corrected chi connectivity index (χ1v) is 7.02. The van der Waals surface area contributed by atoms with E-state index in [1.807, 2.05) is 25.1 Å². The number of rotatable bonds is 5. The molecule has 0 fully saturated rings. The van der Waals surface area contributed by atoms with E-state index >= 15 is 0 Å². The lowest BCUT2D eigenvalue weighted by Gasteiger charge is -2.12. The van der Waals surface area contributed by atoms with Crippen molar-refractivity contribution in [2.24, 2.45) is 0 Å². The third-order valence-corrected chi connectivity index (χ3v) is 3.07. The first kappa shape index (κ1) is 14.7. The van der Waals surface area contributed by atoms with Crippen molar-refractivity contribution >= 4 is 34.1 Å². The molecule has 0 amide bonds. The Morgan fingerprint density at radius 3 is 2.95 bits per heavy atom. The maximum Gasteiger partial charge on any atom is 0.192 e. The van der Waals surface area contributed by atoms with E-state index in [0.717, 1.165) is 36.3 Å². The van der Waals surface area contributed by atoms with E-state index in [9.17, 15) is 0 Å². The van der Waals surface area contributed by atoms with Crippen LogP contribution in [0, 0.1) is 6.92 Å². The molecule has 0 saturated heterocycles. The van der Waals surface area contributed by atoms with Crippen LogP contribution in [0.25, 0.3) is 11.1 Å². The quantitative estimate of drug-likeness (QED) is 0.652. The van der Waals surface area contributed by atoms with Crippen LogP contribution >= 0.6 is 12.2 Å². The third-order valence-electron chi connectivity index (χ3n) is 2.82. The van der Waals surface area contributed by atoms with E-state index < -0.39 is 0 Å². The standard InChI is InChI=1S/C14H20N4OS/c1-10-16-12-9-11(5-6-13(12)19-10)17-14(20)15-7-4-8-18(2)3/h5-6,9H,4,7-8H2,1-3H3,(H2,15,17,20). The van der Waals surface area contributed by atoms with Crippen molar-refractivity contribution in [3.63, 3.8) is 0 Å². The number of hydrogen-bond acceptors (Lipinski definition) is 4. The average molecular weight is 292 g/mol. The molecule has 0 saturated carbocycles. The van der Waals surface area contributed by atoms with Crippen LogP contribution < -0.4 is 10.6 Å². The van der Waals surface area contributed by atoms with Gasteiger partial charge in [-0.2, -0.15) is 0 Å². The molecule has 0 aliphatic rings. The van der Waals surface area contributed by atoms with Crippen LogP contribution in [-0.4, -0.2) is 42.2 Å². The summed E-state index contributed by atoms with van der Waals surface area (Å²) in [5.41, 5.74) is 2.54. The number of hydrogen-bond donors (Lipinski definition) is 2. The summed E-state index contributed by atoms with van der Waals surface area (Å²) in [7, 11) is 4.12. The van der Waals surface area contributed by atoms with Gasteiger partial charge in [0, 0.05) is 19.2 Å². The molecule has 0 aliphatic carbocycles. The number of thiocarbonyl (C=S) groups is 1. The van der Waals surface area contributed by atoms with Gasteiger partial charge in [0.25, 0.3) is 0 Å². The van der Waals surface area contributed by atoms with E-state index in [-0.39, 0.29) is 0 Å². The number of nitrogens with zero attached hydrogens (tertiary/aromatic N) is 2. The van der Waals surface area contributed by atoms with Gasteiger partial charge in [0.1, 0.15) is 5.52 Å². The van der Waals surface area contributed by atoms with Gasteiger partial charge < -0.3 is 20.0 Å². The predicted molar refractivity (Wildman–Crippen MR) is 86.1 cm³/mol. The minimum absolute atomic E-state index is 0.628. The highest BCUT2D eigenvalue weighted by Gasteiger charge is 2.04. The first-order chi connectivity index (χ1) is 9.54. The zero-order chi connectivity index (χ0) is 14.5. The molecule has 2 N–H and O–H groups in total. The molecule has 0 spiro atoms. The van der Waals surface area contributed by atoms with Crippen molar-refractivity contribution in [2.75, 3.05) is 32.5 Å². The number of anilines is 1. The molecule has 2 aromatic rings. The van der Waals surface area contributed by atoms with E-state index in [0.29, 0.717) is 11.0 Å². The minimum atomic E-state index is 0.628. The molecule has 0 radical (unpaired) electrons. The molecule has 2 rings (SSSR count). The van der Waals surface area contributed by atoms with Crippen LogP contribution in [0.2, 0.25) is 0 Å². The predicted octanol–water partition coefficient (Wildman–Crippen LogP) is 2.37. The molecule has 5 nitrogen and oxygen atoms in total. The molecule has 0 aliphatic heterocycles. The number of nitrogens with one attached hydrogen (secondary N) is 2. The topological polar surface area (TPSA) is 53.3 Å². The zero-order valence-electron chi connectivity index (χ0n) is 12.1. The number of oxazole rings is 1. The summed E-state index contributed by atoms with van der Waals surface area (Å²) in [6.07, 6.45) is 1.05. The largest absolute Gasteiger partial charge is 0.441 e. The lowest BCUT2D eigenvalue weighted by molar-refractivity contribution is 0.400. The van der Waals surface area contributed by atoms with Crippen LogP contribution in [0.5, 0.6) is 0 Å². The van der Waals surface area contributed by atoms with Crippen molar-refractivity contribution in [1.82, 2.24) is 15.2 Å². The highest BCUT2D eigenvalue weighted by Crippen LogP contribution is 2.19. The summed E-state index contributed by atoms with van der Waals surface area (Å²) in [4.78, 5) is 6.45. The Kier molecular flexibility index (Phi) is 4.92. The average Bonchev–Trinajstić information content (AvgIpc) is 2.74. The maximum atomic E-state index is 5.44. The molecule has 1 aromatic heterocycles. The van der Waals surface area contributed by atoms with Gasteiger partial charge in [-0.05, 0) is 57.5 Å². The zero-order valence-corrected chi connectivity index (χ0v) is 12.9. The Bertz CT molecular complexity index is 594. The van der Waals surface area contributed by atoms with Crippen molar-refractivity contribution in [2.45, 2.75) is 13.3 Å². The van der Waals surface area contributed by atoms with Crippen molar-refractivity contribution in [3.05, 3.63) is 24.1 Å². The van der Waals surface area contributed by atoms with Gasteiger partial charge >= 0.3 is 0 Å². The second-order valence-corrected chi connectivity index (χ2v) is 5.36. The summed E-state index contributed by atoms with van der Waals surface area (Å²) in [5.74, 6) is 0.668. The van der Waals surface area contributed by atoms with Gasteiger partial charge in [0.2, 0.25) is 0 Å². The highest BCUT2D eigenvalue weighted by molar-refractivity contribution is 7.80. The molecule has 1 heterocycles. The summed E-state index contributed by atoms with van der Waals surface area (Å²) in [6.45, 7) is 3.74. The Balaban J connectivity index is 1.86. The Morgan fingerprint density at radius 1 is 1.40 bits per heavy atom. The molecule has 0 bridgehead atoms. The summed E-state index contributed by atoms with van der Waals surface area (Å²) in [6, 6.07) is 5.76. The molecule has 108 valence electrons. The molecular formula is C14H20N4OS. The molecule has 1 aromatic carbocycles. The fourth-order valence-corrected chi connectivity index (χ4v) is 2.11. The first-order valence-electron chi connectivity index (χ1n) is 6.61. The van der Waals surface area contributed by atoms with Crippen LogP contribution in [0.4, 0.5) is 5.69 Å². The Labute approximate surface area is 124 Å². The normalized spacial score (nSPS) is 11.0. The number of aryl methyl sites for hydroxylation is 1. The van der Waals surface area contributed by atoms with Gasteiger partial charge in [-0.25, -0.2) is 4.98 Å². The second kappa shape index (κ2) is 6.67. The minimum Gasteiger partial charge on any atom is -0.441 e. The van der Waals surface area contributed by atoms with Crippen molar-refractivity contribution in [1.29, 1.82) is 0 Å². The van der Waals surface area contributed by atoms with E-state index in [4.69, 9.17) is 16.6 Å². The van der Waals surface area contributed by atoms with E-state index in [1.54, 1.807) is 0 Å². The summed E-state index contributed by atoms with van der Waals surface area (Å²) < 4.78 is 5.44. The fourth-order valence-electron chi connectivity index (χ4n) is 1.89. The van der Waals surface area contributed by atoms with Gasteiger partial charge in [-0.1, -0.05) is 0 Å². The number of fused-ring (bicyclic) bond motifs is 1. The van der Waals surface area contributed by atoms with Gasteiger partial charge in [-0.3, -0.25) is 0 Å². The van der Waals surface area contributed by atoms with Gasteiger partial charge in [-0.15, -0.1) is 0 Å². The maximum absolute atomic E-state index is 5.44. The number of benzene rings is 1. The van der Waals surface area contributed by atoms with Gasteiger partial charge in [0.15, 0.2) is 16.6 Å². The molecular weight excluding hydrogens is 272 g/mol. The van der Waals surface area contributed by atoms with E-state index in [1.165, 1.54) is 0 Å². The highest BCUT2D eigenvalue weighted by atomic mass is 32.1. The molecule has 20 heavy (non-hydrogen) atoms. The number of aromatic nitrogens is 1. The van der Waals surface area contributed by atoms with Crippen LogP contribution in [0.15, 0.2) is 22.6 Å². The lowest BCUT2D eigenvalue weighted by Crippen LogP contribution is -2.30. The molecule has 0 unspecified atom stereocenters. The van der Waals surface area contributed by atoms with Gasteiger partial charge in [0.05, 0.1) is 0 Å². The summed E-state index contributed by atoms with van der Waals surface area (Å²) >= 11 is 5.26. The lowest BCUT2D eigenvalue weighted by atomic mass is 10.3. The van der Waals surface area contributed by atoms with Crippen LogP contribution in [-0.2, 0) is 0 Å². The van der Waals surface area contributed by atoms with Crippen molar-refractivity contribution < 1.29 is 4.42 Å². The van der Waals surface area contributed by atoms with Crippen LogP contribution in [0.1, 0.15) is 12.3 Å². The fraction of sp³-hybridized carbons (Fsp3) is 0.429. The summed E-state index contributed by atoms with van der Waals surface area (Å²) in [5, 5.41) is 6.97. The Hall–Kier alpha value is -1.66. The second-order valence-electron chi connectivity index (χ2n) is 4.95. The molecule has 6 heteroatoms. The van der Waals surface area contributed by atoms with Crippen molar-refractivity contribution in [3.8, 4) is 0 Å². The van der Waals surface area contributed by atoms with E-state index in [2.05, 4.69) is 34.6 Å². The Morgan fingerprint density at radius 2 is 2.20 bits per heavy atom.